The molecule has 0 bridgehead atoms. The minimum atomic E-state index is -0.856. The third-order valence-electron chi connectivity index (χ3n) is 1.46. The fraction of sp³-hybridized carbons (Fsp3) is 0.400. The van der Waals surface area contributed by atoms with Gasteiger partial charge in [0, 0.05) is 21.8 Å². The zero-order valence-electron chi connectivity index (χ0n) is 8.38. The molecule has 2 nitrogen and oxygen atoms in total. The maximum absolute atomic E-state index is 5.51. The summed E-state index contributed by atoms with van der Waals surface area (Å²) in [5.74, 6) is 0. The molecule has 1 aromatic rings. The van der Waals surface area contributed by atoms with Gasteiger partial charge in [-0.05, 0) is 26.0 Å². The molecule has 0 amide bonds. The summed E-state index contributed by atoms with van der Waals surface area (Å²) >= 11 is 0. The van der Waals surface area contributed by atoms with Crippen LogP contribution in [0.4, 0.5) is 0 Å². The predicted molar refractivity (Wildman–Crippen MR) is 56.2 cm³/mol. The molecule has 14 heavy (non-hydrogen) atoms. The van der Waals surface area contributed by atoms with Crippen molar-refractivity contribution in [3.63, 3.8) is 0 Å². The zero-order valence-corrected chi connectivity index (χ0v) is 10.3. The predicted octanol–water partition coefficient (Wildman–Crippen LogP) is 2.69. The Hall–Kier alpha value is 0.0635. The summed E-state index contributed by atoms with van der Waals surface area (Å²) in [5.41, 5.74) is 0. The fourth-order valence-corrected chi connectivity index (χ4v) is 2.23. The minimum Gasteiger partial charge on any atom is -0.331 e. The Kier molecular flexibility index (Phi) is 8.42. The first kappa shape index (κ1) is 14.1. The molecule has 0 unspecified atom stereocenters. The van der Waals surface area contributed by atoms with Crippen LogP contribution in [0.1, 0.15) is 13.8 Å². The van der Waals surface area contributed by atoms with Crippen molar-refractivity contribution < 1.29 is 25.5 Å². The zero-order chi connectivity index (χ0) is 9.52. The van der Waals surface area contributed by atoms with Gasteiger partial charge in [0.1, 0.15) is 0 Å². The van der Waals surface area contributed by atoms with Gasteiger partial charge in [0.15, 0.2) is 0 Å². The molecule has 0 aromatic heterocycles. The molecule has 0 saturated carbocycles. The molecule has 0 fully saturated rings. The van der Waals surface area contributed by atoms with E-state index in [2.05, 4.69) is 0 Å². The van der Waals surface area contributed by atoms with Crippen molar-refractivity contribution in [2.24, 2.45) is 0 Å². The van der Waals surface area contributed by atoms with Gasteiger partial charge in [-0.15, -0.1) is 0 Å². The van der Waals surface area contributed by atoms with Crippen molar-refractivity contribution in [1.82, 2.24) is 0 Å². The summed E-state index contributed by atoms with van der Waals surface area (Å²) in [4.78, 5) is 0. The molecule has 82 valence electrons. The summed E-state index contributed by atoms with van der Waals surface area (Å²) in [7, 11) is -0.856. The molecule has 0 aliphatic rings. The maximum atomic E-state index is 5.51. The second-order valence-corrected chi connectivity index (χ2v) is 3.98. The van der Waals surface area contributed by atoms with E-state index in [1.165, 1.54) is 0 Å². The first-order chi connectivity index (χ1) is 6.38. The van der Waals surface area contributed by atoms with Crippen molar-refractivity contribution in [3.8, 4) is 0 Å². The van der Waals surface area contributed by atoms with E-state index < -0.39 is 8.38 Å². The summed E-state index contributed by atoms with van der Waals surface area (Å²) in [6.45, 7) is 5.36. The van der Waals surface area contributed by atoms with Crippen molar-refractivity contribution in [2.75, 3.05) is 13.2 Å². The second-order valence-electron chi connectivity index (χ2n) is 2.43. The van der Waals surface area contributed by atoms with Gasteiger partial charge >= 0.3 is 0 Å². The van der Waals surface area contributed by atoms with E-state index in [0.717, 1.165) is 5.30 Å². The third-order valence-corrected chi connectivity index (χ3v) is 3.16. The van der Waals surface area contributed by atoms with E-state index in [0.29, 0.717) is 13.2 Å². The average molecular weight is 257 g/mol. The first-order valence-corrected chi connectivity index (χ1v) is 5.67. The summed E-state index contributed by atoms with van der Waals surface area (Å²) < 4.78 is 11.0. The van der Waals surface area contributed by atoms with Crippen LogP contribution in [0.25, 0.3) is 0 Å². The van der Waals surface area contributed by atoms with Crippen molar-refractivity contribution >= 4 is 13.7 Å². The van der Waals surface area contributed by atoms with Crippen LogP contribution in [-0.2, 0) is 25.5 Å². The van der Waals surface area contributed by atoms with Crippen LogP contribution in [0.5, 0.6) is 0 Å². The molecule has 0 heterocycles. The monoisotopic (exact) mass is 256 g/mol. The van der Waals surface area contributed by atoms with E-state index in [9.17, 15) is 0 Å². The molecule has 0 aliphatic heterocycles. The second kappa shape index (κ2) is 8.38. The van der Waals surface area contributed by atoms with E-state index in [1.807, 2.05) is 44.2 Å². The first-order valence-electron chi connectivity index (χ1n) is 4.49. The van der Waals surface area contributed by atoms with Crippen molar-refractivity contribution in [1.29, 1.82) is 0 Å². The molecule has 4 heteroatoms. The number of benzene rings is 1. The van der Waals surface area contributed by atoms with Crippen LogP contribution in [0, 0.1) is 0 Å². The van der Waals surface area contributed by atoms with Gasteiger partial charge in [0.05, 0.1) is 13.2 Å². The number of hydrogen-bond donors (Lipinski definition) is 0. The summed E-state index contributed by atoms with van der Waals surface area (Å²) in [6, 6.07) is 10.1. The normalized spacial score (nSPS) is 9.93. The Morgan fingerprint density at radius 2 is 1.50 bits per heavy atom. The molecule has 0 aliphatic carbocycles. The van der Waals surface area contributed by atoms with Crippen LogP contribution in [0.15, 0.2) is 30.3 Å². The van der Waals surface area contributed by atoms with Gasteiger partial charge in [-0.3, -0.25) is 0 Å². The van der Waals surface area contributed by atoms with Gasteiger partial charge in [0.2, 0.25) is 8.38 Å². The van der Waals surface area contributed by atoms with Crippen LogP contribution < -0.4 is 5.30 Å². The number of rotatable bonds is 5. The summed E-state index contributed by atoms with van der Waals surface area (Å²) in [5, 5.41) is 1.14. The van der Waals surface area contributed by atoms with Gasteiger partial charge in [0.25, 0.3) is 0 Å². The van der Waals surface area contributed by atoms with Crippen LogP contribution in [0.2, 0.25) is 0 Å². The standard InChI is InChI=1S/C10H15O2P.Ni/c1-3-11-13(12-4-2)10-8-6-5-7-9-10;/h5-9H,3-4H2,1-2H3;. The molecule has 0 atom stereocenters. The van der Waals surface area contributed by atoms with Gasteiger partial charge in [-0.1, -0.05) is 18.2 Å². The van der Waals surface area contributed by atoms with Gasteiger partial charge in [-0.2, -0.15) is 0 Å². The molecule has 0 N–H and O–H groups in total. The SMILES string of the molecule is CCOP(OCC)c1ccccc1.[Ni]. The van der Waals surface area contributed by atoms with Crippen LogP contribution in [0.3, 0.4) is 0 Å². The summed E-state index contributed by atoms with van der Waals surface area (Å²) in [6.07, 6.45) is 0. The smallest absolute Gasteiger partial charge is 0.205 e. The Labute approximate surface area is 96.8 Å². The maximum Gasteiger partial charge on any atom is 0.205 e. The van der Waals surface area contributed by atoms with Gasteiger partial charge in [-0.25, -0.2) is 0 Å². The van der Waals surface area contributed by atoms with Crippen LogP contribution >= 0.6 is 8.38 Å². The molecule has 1 aromatic carbocycles. The quantitative estimate of drug-likeness (QED) is 0.596. The topological polar surface area (TPSA) is 18.5 Å². The van der Waals surface area contributed by atoms with Crippen LogP contribution in [-0.4, -0.2) is 13.2 Å². The van der Waals surface area contributed by atoms with E-state index in [4.69, 9.17) is 9.05 Å². The van der Waals surface area contributed by atoms with Gasteiger partial charge < -0.3 is 9.05 Å². The molecule has 0 spiro atoms. The van der Waals surface area contributed by atoms with E-state index in [1.54, 1.807) is 0 Å². The molecular formula is C10H15NiO2P. The number of hydrogen-bond acceptors (Lipinski definition) is 2. The fourth-order valence-electron chi connectivity index (χ4n) is 0.971. The Morgan fingerprint density at radius 1 is 1.00 bits per heavy atom. The largest absolute Gasteiger partial charge is 0.331 e. The Morgan fingerprint density at radius 3 is 1.93 bits per heavy atom. The van der Waals surface area contributed by atoms with Crippen molar-refractivity contribution in [2.45, 2.75) is 13.8 Å². The Balaban J connectivity index is 0.00000169. The molecular weight excluding hydrogens is 242 g/mol. The minimum absolute atomic E-state index is 0. The third kappa shape index (κ3) is 4.53. The van der Waals surface area contributed by atoms with Crippen molar-refractivity contribution in [3.05, 3.63) is 30.3 Å². The molecule has 0 saturated heterocycles. The average Bonchev–Trinajstić information content (AvgIpc) is 2.19. The molecule has 0 radical (unpaired) electrons. The Bertz CT molecular complexity index is 225. The molecule has 1 rings (SSSR count). The van der Waals surface area contributed by atoms with E-state index >= 15 is 0 Å². The van der Waals surface area contributed by atoms with E-state index in [-0.39, 0.29) is 16.5 Å².